The summed E-state index contributed by atoms with van der Waals surface area (Å²) in [6.07, 6.45) is 37.6. The Hall–Kier alpha value is -0.880. The molecule has 24 heavy (non-hydrogen) atoms. The van der Waals surface area contributed by atoms with Gasteiger partial charge < -0.3 is 0 Å². The summed E-state index contributed by atoms with van der Waals surface area (Å²) >= 11 is 0. The maximum atomic E-state index is 5.25. The van der Waals surface area contributed by atoms with E-state index >= 15 is 0 Å². The Kier molecular flexibility index (Phi) is 21.3. The van der Waals surface area contributed by atoms with Crippen LogP contribution >= 0.6 is 0 Å². The molecule has 0 rings (SSSR count). The zero-order valence-electron chi connectivity index (χ0n) is 16.3. The van der Waals surface area contributed by atoms with Gasteiger partial charge in [0.05, 0.1) is 0 Å². The molecular weight excluding hydrogens is 288 g/mol. The fourth-order valence-electron chi connectivity index (χ4n) is 3.28. The fourth-order valence-corrected chi connectivity index (χ4v) is 3.28. The first-order valence-corrected chi connectivity index (χ1v) is 10.8. The summed E-state index contributed by atoms with van der Waals surface area (Å²) in [6, 6.07) is 0. The van der Waals surface area contributed by atoms with Crippen LogP contribution in [0.3, 0.4) is 0 Å². The highest BCUT2D eigenvalue weighted by molar-refractivity contribution is 4.83. The lowest BCUT2D eigenvalue weighted by molar-refractivity contribution is 0.525. The number of unbranched alkanes of at least 4 members (excludes halogenated alkanes) is 19. The Morgan fingerprint density at radius 2 is 0.458 bits per heavy atom. The first kappa shape index (κ1) is 23.1. The molecule has 0 unspecified atom stereocenters. The number of terminal acetylenes is 2. The van der Waals surface area contributed by atoms with Crippen LogP contribution in [0.15, 0.2) is 0 Å². The Morgan fingerprint density at radius 3 is 0.625 bits per heavy atom. The van der Waals surface area contributed by atoms with Gasteiger partial charge in [0.1, 0.15) is 0 Å². The van der Waals surface area contributed by atoms with Crippen LogP contribution in [0.4, 0.5) is 0 Å². The van der Waals surface area contributed by atoms with E-state index in [1.807, 2.05) is 0 Å². The second-order valence-electron chi connectivity index (χ2n) is 7.27. The number of hydrogen-bond acceptors (Lipinski definition) is 0. The largest absolute Gasteiger partial charge is 0.120 e. The lowest BCUT2D eigenvalue weighted by Crippen LogP contribution is -1.84. The zero-order chi connectivity index (χ0) is 17.6. The van der Waals surface area contributed by atoms with Crippen molar-refractivity contribution in [2.24, 2.45) is 0 Å². The van der Waals surface area contributed by atoms with Crippen LogP contribution in [0.1, 0.15) is 128 Å². The van der Waals surface area contributed by atoms with E-state index in [9.17, 15) is 0 Å². The number of hydrogen-bond donors (Lipinski definition) is 0. The predicted molar refractivity (Wildman–Crippen MR) is 110 cm³/mol. The van der Waals surface area contributed by atoms with Crippen molar-refractivity contribution in [3.05, 3.63) is 0 Å². The van der Waals surface area contributed by atoms with E-state index in [0.717, 1.165) is 12.8 Å². The second-order valence-corrected chi connectivity index (χ2v) is 7.27. The van der Waals surface area contributed by atoms with Crippen molar-refractivity contribution in [3.8, 4) is 24.7 Å². The molecule has 0 bridgehead atoms. The van der Waals surface area contributed by atoms with Crippen LogP contribution in [0.25, 0.3) is 0 Å². The maximum absolute atomic E-state index is 5.25. The quantitative estimate of drug-likeness (QED) is 0.166. The monoisotopic (exact) mass is 330 g/mol. The Bertz CT molecular complexity index is 269. The van der Waals surface area contributed by atoms with E-state index in [4.69, 9.17) is 12.8 Å². The lowest BCUT2D eigenvalue weighted by atomic mass is 10.0. The Balaban J connectivity index is 2.96. The first-order valence-electron chi connectivity index (χ1n) is 10.8. The molecule has 0 atom stereocenters. The molecule has 0 aromatic heterocycles. The molecule has 0 saturated carbocycles. The second kappa shape index (κ2) is 22.1. The summed E-state index contributed by atoms with van der Waals surface area (Å²) in [5, 5.41) is 0. The molecule has 0 amide bonds. The number of rotatable bonds is 19. The molecule has 0 N–H and O–H groups in total. The van der Waals surface area contributed by atoms with Gasteiger partial charge in [-0.3, -0.25) is 0 Å². The smallest absolute Gasteiger partial charge is 0.00860 e. The Labute approximate surface area is 153 Å². The Morgan fingerprint density at radius 1 is 0.292 bits per heavy atom. The van der Waals surface area contributed by atoms with Gasteiger partial charge in [-0.25, -0.2) is 0 Å². The summed E-state index contributed by atoms with van der Waals surface area (Å²) in [5.41, 5.74) is 0. The molecule has 0 radical (unpaired) electrons. The zero-order valence-corrected chi connectivity index (χ0v) is 16.3. The highest BCUT2D eigenvalue weighted by Gasteiger charge is 1.95. The van der Waals surface area contributed by atoms with Crippen LogP contribution in [0, 0.1) is 24.7 Å². The van der Waals surface area contributed by atoms with Crippen molar-refractivity contribution >= 4 is 0 Å². The standard InChI is InChI=1S/C24H42/c1-3-5-7-9-11-13-15-17-19-21-23-24-22-20-18-16-14-12-10-8-6-4-2/h1-2H,5-24H2. The van der Waals surface area contributed by atoms with Crippen molar-refractivity contribution in [1.82, 2.24) is 0 Å². The maximum Gasteiger partial charge on any atom is 0.00860 e. The predicted octanol–water partition coefficient (Wildman–Crippen LogP) is 8.05. The van der Waals surface area contributed by atoms with E-state index in [-0.39, 0.29) is 0 Å². The molecule has 0 aromatic rings. The SMILES string of the molecule is C#CCCCCCCCCCCCCCCCCCCCCC#C. The third-order valence-electron chi connectivity index (χ3n) is 4.89. The summed E-state index contributed by atoms with van der Waals surface area (Å²) in [7, 11) is 0. The van der Waals surface area contributed by atoms with Gasteiger partial charge in [0, 0.05) is 12.8 Å². The minimum Gasteiger partial charge on any atom is -0.120 e. The van der Waals surface area contributed by atoms with Gasteiger partial charge in [-0.05, 0) is 12.8 Å². The van der Waals surface area contributed by atoms with E-state index in [1.54, 1.807) is 0 Å². The van der Waals surface area contributed by atoms with Gasteiger partial charge in [0.25, 0.3) is 0 Å². The molecule has 0 aromatic carbocycles. The molecule has 0 fully saturated rings. The molecule has 138 valence electrons. The molecule has 0 nitrogen and oxygen atoms in total. The average molecular weight is 331 g/mol. The highest BCUT2D eigenvalue weighted by Crippen LogP contribution is 2.14. The van der Waals surface area contributed by atoms with E-state index in [2.05, 4.69) is 11.8 Å². The third-order valence-corrected chi connectivity index (χ3v) is 4.89. The van der Waals surface area contributed by atoms with E-state index in [1.165, 1.54) is 116 Å². The first-order chi connectivity index (χ1) is 11.9. The third kappa shape index (κ3) is 21.1. The van der Waals surface area contributed by atoms with Crippen molar-refractivity contribution in [1.29, 1.82) is 0 Å². The van der Waals surface area contributed by atoms with Gasteiger partial charge in [0.15, 0.2) is 0 Å². The molecule has 0 aliphatic rings. The molecule has 0 aliphatic heterocycles. The van der Waals surface area contributed by atoms with Crippen LogP contribution in [0.5, 0.6) is 0 Å². The van der Waals surface area contributed by atoms with Crippen LogP contribution in [0.2, 0.25) is 0 Å². The van der Waals surface area contributed by atoms with Gasteiger partial charge in [-0.1, -0.05) is 103 Å². The normalized spacial score (nSPS) is 10.4. The lowest BCUT2D eigenvalue weighted by Gasteiger charge is -2.03. The van der Waals surface area contributed by atoms with Crippen LogP contribution in [-0.2, 0) is 0 Å². The molecule has 0 spiro atoms. The minimum absolute atomic E-state index is 0.965. The van der Waals surface area contributed by atoms with Gasteiger partial charge in [-0.15, -0.1) is 24.7 Å². The van der Waals surface area contributed by atoms with Crippen LogP contribution in [-0.4, -0.2) is 0 Å². The van der Waals surface area contributed by atoms with Gasteiger partial charge in [0.2, 0.25) is 0 Å². The fraction of sp³-hybridized carbons (Fsp3) is 0.833. The van der Waals surface area contributed by atoms with Crippen molar-refractivity contribution < 1.29 is 0 Å². The highest BCUT2D eigenvalue weighted by atomic mass is 14.0. The molecular formula is C24H42. The van der Waals surface area contributed by atoms with Crippen molar-refractivity contribution in [2.45, 2.75) is 128 Å². The minimum atomic E-state index is 0.965. The molecule has 0 heteroatoms. The van der Waals surface area contributed by atoms with Crippen LogP contribution < -0.4 is 0 Å². The van der Waals surface area contributed by atoms with Gasteiger partial charge in [-0.2, -0.15) is 0 Å². The summed E-state index contributed by atoms with van der Waals surface area (Å²) in [4.78, 5) is 0. The summed E-state index contributed by atoms with van der Waals surface area (Å²) in [5.74, 6) is 5.44. The summed E-state index contributed by atoms with van der Waals surface area (Å²) < 4.78 is 0. The summed E-state index contributed by atoms with van der Waals surface area (Å²) in [6.45, 7) is 0. The van der Waals surface area contributed by atoms with E-state index < -0.39 is 0 Å². The molecule has 0 heterocycles. The average Bonchev–Trinajstić information content (AvgIpc) is 2.60. The molecule has 0 saturated heterocycles. The van der Waals surface area contributed by atoms with Crippen molar-refractivity contribution in [3.63, 3.8) is 0 Å². The van der Waals surface area contributed by atoms with Gasteiger partial charge >= 0.3 is 0 Å². The van der Waals surface area contributed by atoms with Crippen molar-refractivity contribution in [2.75, 3.05) is 0 Å². The molecule has 0 aliphatic carbocycles. The topological polar surface area (TPSA) is 0 Å². The van der Waals surface area contributed by atoms with E-state index in [0.29, 0.717) is 0 Å².